The number of carbonyl (C=O) groups is 1. The highest BCUT2D eigenvalue weighted by Crippen LogP contribution is 2.14. The molecule has 0 unspecified atom stereocenters. The fourth-order valence-corrected chi connectivity index (χ4v) is 5.29. The molecule has 0 heterocycles. The monoisotopic (exact) mass is 536 g/mol. The second kappa shape index (κ2) is 38.4. The zero-order valence-corrected chi connectivity index (χ0v) is 26.7. The molecular weight excluding hydrogens is 462 g/mol. The largest absolute Gasteiger partial charge is 0.356 e. The average molecular weight is 536 g/mol. The second-order valence-electron chi connectivity index (χ2n) is 11.6. The van der Waals surface area contributed by atoms with Crippen molar-refractivity contribution in [2.45, 2.75) is 206 Å². The fourth-order valence-electron chi connectivity index (χ4n) is 5.29. The van der Waals surface area contributed by atoms with Crippen LogP contribution < -0.4 is 5.32 Å². The van der Waals surface area contributed by atoms with Gasteiger partial charge in [-0.15, -0.1) is 13.2 Å². The summed E-state index contributed by atoms with van der Waals surface area (Å²) in [6.45, 7) is 11.5. The quantitative estimate of drug-likeness (QED) is 0.0694. The molecule has 228 valence electrons. The third-order valence-electron chi connectivity index (χ3n) is 7.86. The Morgan fingerprint density at radius 2 is 0.632 bits per heavy atom. The first kappa shape index (κ1) is 39.4. The van der Waals surface area contributed by atoms with E-state index in [-0.39, 0.29) is 5.91 Å². The summed E-state index contributed by atoms with van der Waals surface area (Å²) < 4.78 is 0. The summed E-state index contributed by atoms with van der Waals surface area (Å²) in [4.78, 5) is 12.0. The molecule has 0 atom stereocenters. The topological polar surface area (TPSA) is 29.1 Å². The SMILES string of the molecule is C=C.CCCCCCCCCCCCCCCCCC(=O)NCCCCCCCCCCCCCCCC. The van der Waals surface area contributed by atoms with Crippen LogP contribution in [0, 0.1) is 0 Å². The van der Waals surface area contributed by atoms with Crippen LogP contribution in [0.4, 0.5) is 0 Å². The van der Waals surface area contributed by atoms with Crippen LogP contribution in [0.2, 0.25) is 0 Å². The number of nitrogens with one attached hydrogen (secondary N) is 1. The minimum Gasteiger partial charge on any atom is -0.356 e. The molecule has 0 saturated heterocycles. The van der Waals surface area contributed by atoms with E-state index in [2.05, 4.69) is 32.3 Å². The Bertz CT molecular complexity index is 386. The van der Waals surface area contributed by atoms with E-state index in [9.17, 15) is 4.79 Å². The number of unbranched alkanes of at least 4 members (excludes halogenated alkanes) is 27. The Balaban J connectivity index is 0. The van der Waals surface area contributed by atoms with Crippen LogP contribution in [0.5, 0.6) is 0 Å². The van der Waals surface area contributed by atoms with Crippen molar-refractivity contribution in [1.29, 1.82) is 0 Å². The van der Waals surface area contributed by atoms with Gasteiger partial charge in [0.25, 0.3) is 0 Å². The van der Waals surface area contributed by atoms with Crippen LogP contribution in [-0.4, -0.2) is 12.5 Å². The number of rotatable bonds is 31. The first-order chi connectivity index (χ1) is 18.8. The Kier molecular flexibility index (Phi) is 39.7. The highest BCUT2D eigenvalue weighted by molar-refractivity contribution is 5.75. The molecule has 1 amide bonds. The summed E-state index contributed by atoms with van der Waals surface area (Å²) in [5.41, 5.74) is 0. The van der Waals surface area contributed by atoms with Crippen molar-refractivity contribution in [3.8, 4) is 0 Å². The van der Waals surface area contributed by atoms with Crippen LogP contribution in [-0.2, 0) is 4.79 Å². The van der Waals surface area contributed by atoms with Crippen molar-refractivity contribution in [2.75, 3.05) is 6.54 Å². The van der Waals surface area contributed by atoms with Gasteiger partial charge in [-0.2, -0.15) is 0 Å². The standard InChI is InChI=1S/C34H69NO.C2H4/c1-3-5-7-9-11-13-15-17-19-20-22-24-26-28-30-32-34(36)35-33-31-29-27-25-23-21-18-16-14-12-10-8-6-4-2;1-2/h3-33H2,1-2H3,(H,35,36);1-2H2. The lowest BCUT2D eigenvalue weighted by molar-refractivity contribution is -0.121. The van der Waals surface area contributed by atoms with Crippen LogP contribution in [0.15, 0.2) is 13.2 Å². The van der Waals surface area contributed by atoms with Gasteiger partial charge in [0.1, 0.15) is 0 Å². The van der Waals surface area contributed by atoms with E-state index in [1.807, 2.05) is 0 Å². The number of amides is 1. The molecule has 0 fully saturated rings. The molecule has 0 aliphatic rings. The Hall–Kier alpha value is -0.790. The molecule has 0 bridgehead atoms. The molecule has 0 aliphatic carbocycles. The van der Waals surface area contributed by atoms with Crippen molar-refractivity contribution in [3.05, 3.63) is 13.2 Å². The van der Waals surface area contributed by atoms with Gasteiger partial charge < -0.3 is 5.32 Å². The molecular formula is C36H73NO. The molecule has 1 N–H and O–H groups in total. The molecule has 0 saturated carbocycles. The third kappa shape index (κ3) is 37.4. The third-order valence-corrected chi connectivity index (χ3v) is 7.86. The van der Waals surface area contributed by atoms with E-state index in [1.54, 1.807) is 0 Å². The Labute approximate surface area is 242 Å². The molecule has 2 nitrogen and oxygen atoms in total. The van der Waals surface area contributed by atoms with E-state index in [4.69, 9.17) is 0 Å². The van der Waals surface area contributed by atoms with Crippen molar-refractivity contribution >= 4 is 5.91 Å². The highest BCUT2D eigenvalue weighted by atomic mass is 16.1. The van der Waals surface area contributed by atoms with Gasteiger partial charge in [0, 0.05) is 13.0 Å². The summed E-state index contributed by atoms with van der Waals surface area (Å²) in [6, 6.07) is 0. The first-order valence-electron chi connectivity index (χ1n) is 17.6. The summed E-state index contributed by atoms with van der Waals surface area (Å²) >= 11 is 0. The zero-order valence-electron chi connectivity index (χ0n) is 26.7. The van der Waals surface area contributed by atoms with Gasteiger partial charge in [0.15, 0.2) is 0 Å². The lowest BCUT2D eigenvalue weighted by Crippen LogP contribution is -2.23. The van der Waals surface area contributed by atoms with Crippen LogP contribution in [0.3, 0.4) is 0 Å². The maximum atomic E-state index is 12.0. The summed E-state index contributed by atoms with van der Waals surface area (Å²) in [6.07, 6.45) is 40.8. The van der Waals surface area contributed by atoms with Crippen LogP contribution in [0.25, 0.3) is 0 Å². The van der Waals surface area contributed by atoms with Gasteiger partial charge in [0.2, 0.25) is 5.91 Å². The molecule has 2 heteroatoms. The smallest absolute Gasteiger partial charge is 0.219 e. The molecule has 38 heavy (non-hydrogen) atoms. The summed E-state index contributed by atoms with van der Waals surface area (Å²) in [5.74, 6) is 0.277. The molecule has 0 radical (unpaired) electrons. The lowest BCUT2D eigenvalue weighted by Gasteiger charge is -2.06. The number of carbonyl (C=O) groups excluding carboxylic acids is 1. The second-order valence-corrected chi connectivity index (χ2v) is 11.6. The average Bonchev–Trinajstić information content (AvgIpc) is 2.94. The van der Waals surface area contributed by atoms with E-state index in [0.717, 1.165) is 25.8 Å². The van der Waals surface area contributed by atoms with Gasteiger partial charge in [0.05, 0.1) is 0 Å². The van der Waals surface area contributed by atoms with E-state index < -0.39 is 0 Å². The van der Waals surface area contributed by atoms with Crippen LogP contribution in [0.1, 0.15) is 206 Å². The number of hydrogen-bond acceptors (Lipinski definition) is 1. The predicted octanol–water partition coefficient (Wildman–Crippen LogP) is 12.6. The van der Waals surface area contributed by atoms with Crippen molar-refractivity contribution < 1.29 is 4.79 Å². The lowest BCUT2D eigenvalue weighted by atomic mass is 10.0. The van der Waals surface area contributed by atoms with Gasteiger partial charge in [-0.25, -0.2) is 0 Å². The van der Waals surface area contributed by atoms with E-state index >= 15 is 0 Å². The summed E-state index contributed by atoms with van der Waals surface area (Å²) in [7, 11) is 0. The Morgan fingerprint density at radius 3 is 0.921 bits per heavy atom. The molecule has 0 spiro atoms. The van der Waals surface area contributed by atoms with E-state index in [1.165, 1.54) is 173 Å². The zero-order chi connectivity index (χ0) is 28.2. The predicted molar refractivity (Wildman–Crippen MR) is 174 cm³/mol. The van der Waals surface area contributed by atoms with Crippen molar-refractivity contribution in [2.24, 2.45) is 0 Å². The molecule has 0 aromatic carbocycles. The van der Waals surface area contributed by atoms with Crippen LogP contribution >= 0.6 is 0 Å². The highest BCUT2D eigenvalue weighted by Gasteiger charge is 2.01. The fraction of sp³-hybridized carbons (Fsp3) is 0.917. The first-order valence-corrected chi connectivity index (χ1v) is 17.6. The van der Waals surface area contributed by atoms with Gasteiger partial charge >= 0.3 is 0 Å². The molecule has 0 rings (SSSR count). The molecule has 0 aliphatic heterocycles. The van der Waals surface area contributed by atoms with Crippen molar-refractivity contribution in [1.82, 2.24) is 5.32 Å². The molecule has 0 aromatic heterocycles. The normalized spacial score (nSPS) is 10.8. The van der Waals surface area contributed by atoms with E-state index in [0.29, 0.717) is 0 Å². The maximum absolute atomic E-state index is 12.0. The van der Waals surface area contributed by atoms with Gasteiger partial charge in [-0.05, 0) is 12.8 Å². The van der Waals surface area contributed by atoms with Gasteiger partial charge in [-0.3, -0.25) is 4.79 Å². The molecule has 0 aromatic rings. The van der Waals surface area contributed by atoms with Gasteiger partial charge in [-0.1, -0.05) is 187 Å². The Morgan fingerprint density at radius 1 is 0.395 bits per heavy atom. The minimum absolute atomic E-state index is 0.277. The summed E-state index contributed by atoms with van der Waals surface area (Å²) in [5, 5.41) is 3.14. The minimum atomic E-state index is 0.277. The number of hydrogen-bond donors (Lipinski definition) is 1. The van der Waals surface area contributed by atoms with Crippen molar-refractivity contribution in [3.63, 3.8) is 0 Å². The maximum Gasteiger partial charge on any atom is 0.219 e.